The van der Waals surface area contributed by atoms with E-state index in [-0.39, 0.29) is 11.7 Å². The highest BCUT2D eigenvalue weighted by atomic mass is 19.1. The predicted molar refractivity (Wildman–Crippen MR) is 76.5 cm³/mol. The first-order valence-electron chi connectivity index (χ1n) is 6.80. The summed E-state index contributed by atoms with van der Waals surface area (Å²) in [6.07, 6.45) is 4.54. The molecule has 0 radical (unpaired) electrons. The van der Waals surface area contributed by atoms with Crippen LogP contribution in [0.4, 0.5) is 10.1 Å². The van der Waals surface area contributed by atoms with Crippen LogP contribution in [0, 0.1) is 5.82 Å². The van der Waals surface area contributed by atoms with E-state index in [1.54, 1.807) is 23.2 Å². The molecule has 1 aliphatic rings. The van der Waals surface area contributed by atoms with Crippen molar-refractivity contribution in [1.29, 1.82) is 0 Å². The average molecular weight is 286 g/mol. The van der Waals surface area contributed by atoms with Crippen molar-refractivity contribution in [2.45, 2.75) is 0 Å². The molecule has 5 nitrogen and oxygen atoms in total. The fourth-order valence-electron chi connectivity index (χ4n) is 2.39. The molecule has 0 N–H and O–H groups in total. The summed E-state index contributed by atoms with van der Waals surface area (Å²) in [5.41, 5.74) is 1.34. The molecule has 1 fully saturated rings. The average Bonchev–Trinajstić information content (AvgIpc) is 2.56. The number of hydrogen-bond acceptors (Lipinski definition) is 4. The van der Waals surface area contributed by atoms with Gasteiger partial charge in [0.1, 0.15) is 11.5 Å². The van der Waals surface area contributed by atoms with E-state index in [0.29, 0.717) is 18.8 Å². The number of benzene rings is 1. The zero-order valence-electron chi connectivity index (χ0n) is 11.4. The monoisotopic (exact) mass is 286 g/mol. The number of nitrogens with zero attached hydrogens (tertiary/aromatic N) is 4. The molecule has 1 aliphatic heterocycles. The highest BCUT2D eigenvalue weighted by Gasteiger charge is 2.23. The second kappa shape index (κ2) is 5.87. The number of anilines is 1. The molecule has 1 saturated heterocycles. The molecule has 6 heteroatoms. The largest absolute Gasteiger partial charge is 0.368 e. The van der Waals surface area contributed by atoms with E-state index in [0.717, 1.165) is 18.8 Å². The molecule has 2 aromatic rings. The van der Waals surface area contributed by atoms with Gasteiger partial charge in [0.15, 0.2) is 0 Å². The topological polar surface area (TPSA) is 49.3 Å². The number of aromatic nitrogens is 2. The smallest absolute Gasteiger partial charge is 0.274 e. The van der Waals surface area contributed by atoms with Crippen LogP contribution in [0.15, 0.2) is 42.9 Å². The number of rotatable bonds is 2. The minimum atomic E-state index is -0.241. The Balaban J connectivity index is 1.63. The SMILES string of the molecule is O=C(c1cnccn1)N1CCN(c2ccc(F)cc2)CC1. The standard InChI is InChI=1S/C15H15FN4O/c16-12-1-3-13(4-2-12)19-7-9-20(10-8-19)15(21)14-11-17-5-6-18-14/h1-6,11H,7-10H2. The van der Waals surface area contributed by atoms with Crippen LogP contribution in [0.5, 0.6) is 0 Å². The first-order chi connectivity index (χ1) is 10.2. The molecule has 0 saturated carbocycles. The molecule has 1 aromatic heterocycles. The van der Waals surface area contributed by atoms with E-state index in [1.807, 2.05) is 0 Å². The summed E-state index contributed by atoms with van der Waals surface area (Å²) in [6.45, 7) is 2.68. The Morgan fingerprint density at radius 2 is 1.76 bits per heavy atom. The maximum Gasteiger partial charge on any atom is 0.274 e. The molecule has 21 heavy (non-hydrogen) atoms. The third kappa shape index (κ3) is 2.99. The summed E-state index contributed by atoms with van der Waals surface area (Å²) in [4.78, 5) is 24.1. The molecule has 0 unspecified atom stereocenters. The summed E-state index contributed by atoms with van der Waals surface area (Å²) in [5.74, 6) is -0.336. The molecule has 1 aromatic carbocycles. The van der Waals surface area contributed by atoms with Crippen LogP contribution >= 0.6 is 0 Å². The Kier molecular flexibility index (Phi) is 3.77. The first-order valence-corrected chi connectivity index (χ1v) is 6.80. The molecule has 1 amide bonds. The van der Waals surface area contributed by atoms with E-state index in [1.165, 1.54) is 24.5 Å². The van der Waals surface area contributed by atoms with Gasteiger partial charge in [0.05, 0.1) is 6.20 Å². The van der Waals surface area contributed by atoms with E-state index in [4.69, 9.17) is 0 Å². The molecular formula is C15H15FN4O. The fourth-order valence-corrected chi connectivity index (χ4v) is 2.39. The van der Waals surface area contributed by atoms with Gasteiger partial charge in [0.2, 0.25) is 0 Å². The van der Waals surface area contributed by atoms with Crippen LogP contribution in [-0.4, -0.2) is 47.0 Å². The Labute approximate surface area is 122 Å². The number of carbonyl (C=O) groups excluding carboxylic acids is 1. The van der Waals surface area contributed by atoms with Crippen LogP contribution in [-0.2, 0) is 0 Å². The van der Waals surface area contributed by atoms with Crippen molar-refractivity contribution < 1.29 is 9.18 Å². The van der Waals surface area contributed by atoms with E-state index >= 15 is 0 Å². The van der Waals surface area contributed by atoms with Gasteiger partial charge in [-0.3, -0.25) is 9.78 Å². The van der Waals surface area contributed by atoms with Crippen molar-refractivity contribution in [3.05, 3.63) is 54.4 Å². The molecule has 2 heterocycles. The van der Waals surface area contributed by atoms with Gasteiger partial charge in [-0.15, -0.1) is 0 Å². The maximum atomic E-state index is 12.9. The van der Waals surface area contributed by atoms with Crippen molar-refractivity contribution in [2.24, 2.45) is 0 Å². The van der Waals surface area contributed by atoms with E-state index in [9.17, 15) is 9.18 Å². The fraction of sp³-hybridized carbons (Fsp3) is 0.267. The lowest BCUT2D eigenvalue weighted by Gasteiger charge is -2.35. The van der Waals surface area contributed by atoms with Crippen LogP contribution in [0.25, 0.3) is 0 Å². The van der Waals surface area contributed by atoms with Gasteiger partial charge in [-0.05, 0) is 24.3 Å². The van der Waals surface area contributed by atoms with Gasteiger partial charge >= 0.3 is 0 Å². The zero-order chi connectivity index (χ0) is 14.7. The quantitative estimate of drug-likeness (QED) is 0.841. The molecule has 0 atom stereocenters. The number of halogens is 1. The molecule has 108 valence electrons. The van der Waals surface area contributed by atoms with Crippen LogP contribution in [0.3, 0.4) is 0 Å². The summed E-state index contributed by atoms with van der Waals surface area (Å²) < 4.78 is 12.9. The normalized spacial score (nSPS) is 15.1. The Hall–Kier alpha value is -2.50. The molecule has 0 spiro atoms. The lowest BCUT2D eigenvalue weighted by molar-refractivity contribution is 0.0740. The Morgan fingerprint density at radius 3 is 2.38 bits per heavy atom. The first kappa shape index (κ1) is 13.5. The predicted octanol–water partition coefficient (Wildman–Crippen LogP) is 1.58. The summed E-state index contributed by atoms with van der Waals surface area (Å²) in [7, 11) is 0. The molecular weight excluding hydrogens is 271 g/mol. The van der Waals surface area contributed by atoms with Crippen LogP contribution < -0.4 is 4.90 Å². The minimum Gasteiger partial charge on any atom is -0.368 e. The molecule has 3 rings (SSSR count). The summed E-state index contributed by atoms with van der Waals surface area (Å²) in [5, 5.41) is 0. The lowest BCUT2D eigenvalue weighted by Crippen LogP contribution is -2.49. The summed E-state index contributed by atoms with van der Waals surface area (Å²) in [6, 6.07) is 6.42. The van der Waals surface area contributed by atoms with Crippen molar-refractivity contribution in [2.75, 3.05) is 31.1 Å². The maximum absolute atomic E-state index is 12.9. The van der Waals surface area contributed by atoms with Crippen molar-refractivity contribution in [3.8, 4) is 0 Å². The van der Waals surface area contributed by atoms with Crippen molar-refractivity contribution in [3.63, 3.8) is 0 Å². The highest BCUT2D eigenvalue weighted by molar-refractivity contribution is 5.92. The van der Waals surface area contributed by atoms with E-state index < -0.39 is 0 Å². The lowest BCUT2D eigenvalue weighted by atomic mass is 10.2. The minimum absolute atomic E-state index is 0.0955. The Bertz CT molecular complexity index is 609. The van der Waals surface area contributed by atoms with Gasteiger partial charge in [-0.2, -0.15) is 0 Å². The molecule has 0 bridgehead atoms. The van der Waals surface area contributed by atoms with Gasteiger partial charge in [-0.1, -0.05) is 0 Å². The second-order valence-electron chi connectivity index (χ2n) is 4.85. The summed E-state index contributed by atoms with van der Waals surface area (Å²) >= 11 is 0. The van der Waals surface area contributed by atoms with Gasteiger partial charge in [-0.25, -0.2) is 9.37 Å². The third-order valence-electron chi connectivity index (χ3n) is 3.54. The zero-order valence-corrected chi connectivity index (χ0v) is 11.4. The van der Waals surface area contributed by atoms with Crippen LogP contribution in [0.2, 0.25) is 0 Å². The molecule has 0 aliphatic carbocycles. The number of hydrogen-bond donors (Lipinski definition) is 0. The van der Waals surface area contributed by atoms with Gasteiger partial charge in [0, 0.05) is 44.3 Å². The highest BCUT2D eigenvalue weighted by Crippen LogP contribution is 2.17. The van der Waals surface area contributed by atoms with Crippen LogP contribution in [0.1, 0.15) is 10.5 Å². The Morgan fingerprint density at radius 1 is 1.05 bits per heavy atom. The van der Waals surface area contributed by atoms with Crippen molar-refractivity contribution >= 4 is 11.6 Å². The number of amides is 1. The van der Waals surface area contributed by atoms with E-state index in [2.05, 4.69) is 14.9 Å². The number of carbonyl (C=O) groups is 1. The number of piperazine rings is 1. The second-order valence-corrected chi connectivity index (χ2v) is 4.85. The van der Waals surface area contributed by atoms with Crippen molar-refractivity contribution in [1.82, 2.24) is 14.9 Å². The van der Waals surface area contributed by atoms with Gasteiger partial charge in [0.25, 0.3) is 5.91 Å². The third-order valence-corrected chi connectivity index (χ3v) is 3.54. The van der Waals surface area contributed by atoms with Gasteiger partial charge < -0.3 is 9.80 Å².